The van der Waals surface area contributed by atoms with Crippen molar-refractivity contribution in [2.45, 2.75) is 284 Å². The van der Waals surface area contributed by atoms with Gasteiger partial charge in [0.25, 0.3) is 0 Å². The summed E-state index contributed by atoms with van der Waals surface area (Å²) >= 11 is 0. The highest BCUT2D eigenvalue weighted by Crippen LogP contribution is 2.53. The van der Waals surface area contributed by atoms with Crippen LogP contribution < -0.4 is 0 Å². The molecule has 11 aliphatic carbocycles. The molecule has 11 saturated carbocycles. The summed E-state index contributed by atoms with van der Waals surface area (Å²) in [5.41, 5.74) is 0. The van der Waals surface area contributed by atoms with E-state index in [1.807, 2.05) is 0 Å². The number of hydrogen-bond acceptors (Lipinski definition) is 0. The molecule has 11 aliphatic rings. The zero-order valence-corrected chi connectivity index (χ0v) is 47.8. The average molecular weight is 906 g/mol. The summed E-state index contributed by atoms with van der Waals surface area (Å²) in [6.07, 6.45) is 40.4. The standard InChI is InChI=1S/3C9H16.3C8H16.2C7H14/c1-6-3-9-5-8(6)4-7(9)2;1-6-3-8-4-7(2)9(6)5-8;1-6-7(2)9-4-3-8(6)5-9;1-7-3-5-8(2)6-4-7;1-7-4-3-5-8(2)6-7;1-7-5-3-4-6-8(7)2;1-6-3-4-7(2)5-6;1-6-4-3-5-7(6)2/h3*6-9H,3-5H2,1-2H3;3*7-8H,3-6H2,1-2H3;2*6-7H,3-5H2,1-2H3. The summed E-state index contributed by atoms with van der Waals surface area (Å²) in [5.74, 6) is 23.2. The Morgan fingerprint density at radius 2 is 0.523 bits per heavy atom. The third kappa shape index (κ3) is 20.0. The molecule has 0 radical (unpaired) electrons. The highest BCUT2D eigenvalue weighted by atomic mass is 14.5. The van der Waals surface area contributed by atoms with E-state index in [4.69, 9.17) is 0 Å². The first-order valence-electron chi connectivity index (χ1n) is 30.8. The summed E-state index contributed by atoms with van der Waals surface area (Å²) in [7, 11) is 0. The van der Waals surface area contributed by atoms with Crippen LogP contribution in [0.1, 0.15) is 284 Å². The fourth-order valence-electron chi connectivity index (χ4n) is 16.3. The summed E-state index contributed by atoms with van der Waals surface area (Å²) < 4.78 is 0. The largest absolute Gasteiger partial charge is 0.0625 e. The van der Waals surface area contributed by atoms with Gasteiger partial charge < -0.3 is 0 Å². The Morgan fingerprint density at radius 3 is 0.738 bits per heavy atom. The Bertz CT molecular complexity index is 1110. The van der Waals surface area contributed by atoms with E-state index in [1.54, 1.807) is 19.3 Å². The Balaban J connectivity index is 0.000000163. The van der Waals surface area contributed by atoms with Gasteiger partial charge in [0.1, 0.15) is 0 Å². The summed E-state index contributed by atoms with van der Waals surface area (Å²) in [4.78, 5) is 0. The van der Waals surface area contributed by atoms with Crippen molar-refractivity contribution < 1.29 is 0 Å². The predicted octanol–water partition coefficient (Wildman–Crippen LogP) is 21.4. The highest BCUT2D eigenvalue weighted by Gasteiger charge is 2.43. The Labute approximate surface area is 412 Å². The minimum atomic E-state index is 1.00. The molecule has 0 heteroatoms. The van der Waals surface area contributed by atoms with Crippen molar-refractivity contribution in [3.63, 3.8) is 0 Å². The van der Waals surface area contributed by atoms with Crippen LogP contribution in [0.5, 0.6) is 0 Å². The maximum absolute atomic E-state index is 2.44. The average Bonchev–Trinajstić information content (AvgIpc) is 4.16. The van der Waals surface area contributed by atoms with Crippen molar-refractivity contribution in [1.82, 2.24) is 0 Å². The quantitative estimate of drug-likeness (QED) is 0.227. The van der Waals surface area contributed by atoms with Gasteiger partial charge >= 0.3 is 0 Å². The highest BCUT2D eigenvalue weighted by molar-refractivity contribution is 4.93. The molecular formula is C65H124. The van der Waals surface area contributed by atoms with Gasteiger partial charge in [-0.15, -0.1) is 0 Å². The van der Waals surface area contributed by atoms with Crippen LogP contribution in [0.3, 0.4) is 0 Å². The SMILES string of the molecule is CC1C2CCC(C2)C1C.CC1CC2CC(C)C1C2.CC1CC2CC1CC2C.CC1CCC(C)C1.CC1CCC(C)CC1.CC1CCCC(C)C1.CC1CCCC1C.CC1CCCCC1C. The van der Waals surface area contributed by atoms with E-state index in [0.717, 1.165) is 130 Å². The van der Waals surface area contributed by atoms with Crippen molar-refractivity contribution in [2.24, 2.45) is 130 Å². The lowest BCUT2D eigenvalue weighted by atomic mass is 9.82. The Kier molecular flexibility index (Phi) is 26.0. The second-order valence-electron chi connectivity index (χ2n) is 28.3. The molecule has 18 atom stereocenters. The van der Waals surface area contributed by atoms with Crippen LogP contribution >= 0.6 is 0 Å². The molecule has 0 aliphatic heterocycles. The van der Waals surface area contributed by atoms with Crippen LogP contribution in [-0.2, 0) is 0 Å². The van der Waals surface area contributed by atoms with Gasteiger partial charge in [-0.05, 0) is 201 Å². The fourth-order valence-corrected chi connectivity index (χ4v) is 16.3. The minimum Gasteiger partial charge on any atom is -0.0625 e. The summed E-state index contributed by atoms with van der Waals surface area (Å²) in [6, 6.07) is 0. The zero-order chi connectivity index (χ0) is 47.8. The van der Waals surface area contributed by atoms with Crippen molar-refractivity contribution in [2.75, 3.05) is 0 Å². The molecule has 0 heterocycles. The molecule has 18 unspecified atom stereocenters. The van der Waals surface area contributed by atoms with E-state index in [0.29, 0.717) is 0 Å². The van der Waals surface area contributed by atoms with E-state index in [9.17, 15) is 0 Å². The first kappa shape index (κ1) is 57.6. The van der Waals surface area contributed by atoms with Gasteiger partial charge in [-0.2, -0.15) is 0 Å². The van der Waals surface area contributed by atoms with Crippen LogP contribution in [0.2, 0.25) is 0 Å². The minimum absolute atomic E-state index is 1.00. The Morgan fingerprint density at radius 1 is 0.200 bits per heavy atom. The molecular weight excluding hydrogens is 781 g/mol. The van der Waals surface area contributed by atoms with Crippen LogP contribution in [-0.4, -0.2) is 0 Å². The molecule has 0 aromatic rings. The van der Waals surface area contributed by atoms with E-state index in [1.165, 1.54) is 154 Å². The Hall–Kier alpha value is 0. The monoisotopic (exact) mass is 905 g/mol. The second-order valence-corrected chi connectivity index (χ2v) is 28.3. The van der Waals surface area contributed by atoms with Crippen LogP contribution in [0, 0.1) is 130 Å². The molecule has 0 spiro atoms. The smallest absolute Gasteiger partial charge is 0.0360 e. The van der Waals surface area contributed by atoms with E-state index < -0.39 is 0 Å². The van der Waals surface area contributed by atoms with E-state index in [-0.39, 0.29) is 0 Å². The van der Waals surface area contributed by atoms with Crippen LogP contribution in [0.15, 0.2) is 0 Å². The van der Waals surface area contributed by atoms with Gasteiger partial charge in [0.15, 0.2) is 0 Å². The molecule has 11 rings (SSSR count). The number of rotatable bonds is 0. The maximum atomic E-state index is 2.44. The van der Waals surface area contributed by atoms with Gasteiger partial charge in [0, 0.05) is 0 Å². The molecule has 0 aromatic heterocycles. The van der Waals surface area contributed by atoms with Gasteiger partial charge in [0.2, 0.25) is 0 Å². The molecule has 65 heavy (non-hydrogen) atoms. The molecule has 11 fully saturated rings. The van der Waals surface area contributed by atoms with Gasteiger partial charge in [-0.3, -0.25) is 0 Å². The van der Waals surface area contributed by atoms with Crippen LogP contribution in [0.4, 0.5) is 0 Å². The van der Waals surface area contributed by atoms with Crippen molar-refractivity contribution in [3.05, 3.63) is 0 Å². The molecule has 0 aromatic carbocycles. The fraction of sp³-hybridized carbons (Fsp3) is 1.00. The van der Waals surface area contributed by atoms with Crippen LogP contribution in [0.25, 0.3) is 0 Å². The summed E-state index contributed by atoms with van der Waals surface area (Å²) in [6.45, 7) is 38.2. The van der Waals surface area contributed by atoms with Gasteiger partial charge in [0.05, 0.1) is 0 Å². The van der Waals surface area contributed by atoms with Gasteiger partial charge in [-0.1, -0.05) is 214 Å². The normalized spacial score (nSPS) is 47.3. The first-order valence-corrected chi connectivity index (χ1v) is 30.8. The topological polar surface area (TPSA) is 0 Å². The lowest BCUT2D eigenvalue weighted by Gasteiger charge is -2.24. The molecule has 0 saturated heterocycles. The predicted molar refractivity (Wildman–Crippen MR) is 292 cm³/mol. The van der Waals surface area contributed by atoms with Gasteiger partial charge in [-0.25, -0.2) is 0 Å². The molecule has 0 N–H and O–H groups in total. The third-order valence-electron chi connectivity index (χ3n) is 22.2. The van der Waals surface area contributed by atoms with E-state index in [2.05, 4.69) is 111 Å². The molecule has 0 nitrogen and oxygen atoms in total. The first-order chi connectivity index (χ1) is 30.8. The lowest BCUT2D eigenvalue weighted by Crippen LogP contribution is -2.15. The molecule has 6 bridgehead atoms. The van der Waals surface area contributed by atoms with E-state index >= 15 is 0 Å². The second kappa shape index (κ2) is 29.4. The van der Waals surface area contributed by atoms with Crippen molar-refractivity contribution in [1.29, 1.82) is 0 Å². The maximum Gasteiger partial charge on any atom is -0.0360 e. The number of hydrogen-bond donors (Lipinski definition) is 0. The summed E-state index contributed by atoms with van der Waals surface area (Å²) in [5, 5.41) is 0. The third-order valence-corrected chi connectivity index (χ3v) is 22.2. The molecule has 384 valence electrons. The van der Waals surface area contributed by atoms with Crippen molar-refractivity contribution in [3.8, 4) is 0 Å². The zero-order valence-electron chi connectivity index (χ0n) is 47.8. The lowest BCUT2D eigenvalue weighted by molar-refractivity contribution is 0.259. The molecule has 0 amide bonds. The number of fused-ring (bicyclic) bond motifs is 6. The van der Waals surface area contributed by atoms with Crippen molar-refractivity contribution >= 4 is 0 Å².